The molecule has 2 rings (SSSR count). The number of aromatic nitrogens is 3. The lowest BCUT2D eigenvalue weighted by Gasteiger charge is -2.11. The zero-order chi connectivity index (χ0) is 10.1. The highest BCUT2D eigenvalue weighted by molar-refractivity contribution is 5.79. The number of fused-ring (bicyclic) bond motifs is 1. The van der Waals surface area contributed by atoms with Crippen molar-refractivity contribution in [3.8, 4) is 0 Å². The van der Waals surface area contributed by atoms with Gasteiger partial charge in [0, 0.05) is 23.8 Å². The molecule has 1 unspecified atom stereocenters. The predicted octanol–water partition coefficient (Wildman–Crippen LogP) is 2.71. The Bertz CT molecular complexity index is 445. The van der Waals surface area contributed by atoms with Gasteiger partial charge in [-0.05, 0) is 25.8 Å². The van der Waals surface area contributed by atoms with Gasteiger partial charge in [-0.2, -0.15) is 0 Å². The van der Waals surface area contributed by atoms with Crippen LogP contribution in [0.2, 0.25) is 0 Å². The summed E-state index contributed by atoms with van der Waals surface area (Å²) in [5, 5.41) is 1.16. The van der Waals surface area contributed by atoms with Crippen molar-refractivity contribution in [2.45, 2.75) is 33.2 Å². The minimum atomic E-state index is 0.501. The molecule has 0 N–H and O–H groups in total. The van der Waals surface area contributed by atoms with Crippen LogP contribution in [0.5, 0.6) is 0 Å². The molecular weight excluding hydrogens is 174 g/mol. The summed E-state index contributed by atoms with van der Waals surface area (Å²) in [6, 6.07) is 0.501. The van der Waals surface area contributed by atoms with Crippen LogP contribution >= 0.6 is 0 Å². The van der Waals surface area contributed by atoms with Crippen molar-refractivity contribution >= 4 is 11.0 Å². The van der Waals surface area contributed by atoms with E-state index in [0.717, 1.165) is 17.5 Å². The van der Waals surface area contributed by atoms with Gasteiger partial charge in [0.1, 0.15) is 12.0 Å². The lowest BCUT2D eigenvalue weighted by Crippen LogP contribution is -2.02. The van der Waals surface area contributed by atoms with Crippen molar-refractivity contribution < 1.29 is 0 Å². The normalized spacial score (nSPS) is 13.4. The van der Waals surface area contributed by atoms with Crippen LogP contribution in [0.15, 0.2) is 18.7 Å². The van der Waals surface area contributed by atoms with Crippen LogP contribution < -0.4 is 0 Å². The van der Waals surface area contributed by atoms with Crippen LogP contribution in [0.3, 0.4) is 0 Å². The van der Waals surface area contributed by atoms with E-state index in [1.54, 1.807) is 6.33 Å². The van der Waals surface area contributed by atoms with E-state index in [1.165, 1.54) is 5.56 Å². The largest absolute Gasteiger partial charge is 0.329 e. The van der Waals surface area contributed by atoms with Gasteiger partial charge in [-0.25, -0.2) is 9.97 Å². The Balaban J connectivity index is 2.66. The van der Waals surface area contributed by atoms with Gasteiger partial charge < -0.3 is 4.57 Å². The minimum Gasteiger partial charge on any atom is -0.329 e. The van der Waals surface area contributed by atoms with Crippen molar-refractivity contribution in [1.29, 1.82) is 0 Å². The Morgan fingerprint density at radius 2 is 2.29 bits per heavy atom. The van der Waals surface area contributed by atoms with Crippen molar-refractivity contribution in [3.63, 3.8) is 0 Å². The number of nitrogens with zero attached hydrogens (tertiary/aromatic N) is 3. The molecule has 0 saturated heterocycles. The average molecular weight is 189 g/mol. The van der Waals surface area contributed by atoms with E-state index < -0.39 is 0 Å². The quantitative estimate of drug-likeness (QED) is 0.727. The highest BCUT2D eigenvalue weighted by Crippen LogP contribution is 2.22. The fraction of sp³-hybridized carbons (Fsp3) is 0.455. The molecule has 2 heterocycles. The van der Waals surface area contributed by atoms with Gasteiger partial charge in [0.2, 0.25) is 0 Å². The number of rotatable bonds is 2. The lowest BCUT2D eigenvalue weighted by molar-refractivity contribution is 0.544. The first kappa shape index (κ1) is 9.19. The molecule has 0 radical (unpaired) electrons. The maximum Gasteiger partial charge on any atom is 0.143 e. The standard InChI is InChI=1S/C11H15N3/c1-4-9(3)14-6-8(2)10-5-12-7-13-11(10)14/h5-7,9H,4H2,1-3H3. The highest BCUT2D eigenvalue weighted by atomic mass is 15.1. The van der Waals surface area contributed by atoms with Gasteiger partial charge in [-0.3, -0.25) is 0 Å². The maximum absolute atomic E-state index is 4.32. The Morgan fingerprint density at radius 1 is 1.50 bits per heavy atom. The summed E-state index contributed by atoms with van der Waals surface area (Å²) in [5.74, 6) is 0. The summed E-state index contributed by atoms with van der Waals surface area (Å²) in [6.07, 6.45) is 6.78. The number of aryl methyl sites for hydroxylation is 1. The third kappa shape index (κ3) is 1.29. The van der Waals surface area contributed by atoms with Crippen molar-refractivity contribution in [1.82, 2.24) is 14.5 Å². The molecule has 0 aliphatic rings. The molecule has 2 aromatic rings. The van der Waals surface area contributed by atoms with Crippen molar-refractivity contribution in [3.05, 3.63) is 24.3 Å². The summed E-state index contributed by atoms with van der Waals surface area (Å²) >= 11 is 0. The first-order valence-electron chi connectivity index (χ1n) is 5.01. The smallest absolute Gasteiger partial charge is 0.143 e. The molecule has 2 aromatic heterocycles. The van der Waals surface area contributed by atoms with E-state index in [-0.39, 0.29) is 0 Å². The van der Waals surface area contributed by atoms with Crippen LogP contribution in [-0.2, 0) is 0 Å². The molecule has 0 aliphatic heterocycles. The van der Waals surface area contributed by atoms with Crippen LogP contribution in [0.4, 0.5) is 0 Å². The summed E-state index contributed by atoms with van der Waals surface area (Å²) in [4.78, 5) is 8.37. The molecular formula is C11H15N3. The zero-order valence-corrected chi connectivity index (χ0v) is 8.86. The Hall–Kier alpha value is -1.38. The molecule has 0 spiro atoms. The fourth-order valence-corrected chi connectivity index (χ4v) is 1.68. The van der Waals surface area contributed by atoms with E-state index in [2.05, 4.69) is 41.5 Å². The van der Waals surface area contributed by atoms with Crippen molar-refractivity contribution in [2.75, 3.05) is 0 Å². The van der Waals surface area contributed by atoms with Crippen LogP contribution in [0.1, 0.15) is 31.9 Å². The second kappa shape index (κ2) is 3.40. The third-order valence-corrected chi connectivity index (χ3v) is 2.76. The highest BCUT2D eigenvalue weighted by Gasteiger charge is 2.09. The van der Waals surface area contributed by atoms with E-state index in [1.807, 2.05) is 6.20 Å². The van der Waals surface area contributed by atoms with E-state index in [4.69, 9.17) is 0 Å². The third-order valence-electron chi connectivity index (χ3n) is 2.76. The first-order chi connectivity index (χ1) is 6.74. The van der Waals surface area contributed by atoms with Crippen LogP contribution in [0.25, 0.3) is 11.0 Å². The van der Waals surface area contributed by atoms with Crippen LogP contribution in [0, 0.1) is 6.92 Å². The van der Waals surface area contributed by atoms with Gasteiger partial charge in [0.05, 0.1) is 0 Å². The molecule has 0 aromatic carbocycles. The average Bonchev–Trinajstić information content (AvgIpc) is 2.56. The van der Waals surface area contributed by atoms with Gasteiger partial charge >= 0.3 is 0 Å². The summed E-state index contributed by atoms with van der Waals surface area (Å²) < 4.78 is 2.23. The molecule has 0 saturated carbocycles. The monoisotopic (exact) mass is 189 g/mol. The first-order valence-corrected chi connectivity index (χ1v) is 5.01. The van der Waals surface area contributed by atoms with E-state index >= 15 is 0 Å². The predicted molar refractivity (Wildman–Crippen MR) is 57.3 cm³/mol. The molecule has 14 heavy (non-hydrogen) atoms. The fourth-order valence-electron chi connectivity index (χ4n) is 1.68. The van der Waals surface area contributed by atoms with E-state index in [9.17, 15) is 0 Å². The number of hydrogen-bond acceptors (Lipinski definition) is 2. The van der Waals surface area contributed by atoms with Crippen molar-refractivity contribution in [2.24, 2.45) is 0 Å². The molecule has 1 atom stereocenters. The van der Waals surface area contributed by atoms with Crippen LogP contribution in [-0.4, -0.2) is 14.5 Å². The van der Waals surface area contributed by atoms with Gasteiger partial charge in [0.25, 0.3) is 0 Å². The molecule has 3 nitrogen and oxygen atoms in total. The van der Waals surface area contributed by atoms with Gasteiger partial charge in [0.15, 0.2) is 0 Å². The second-order valence-corrected chi connectivity index (χ2v) is 3.74. The zero-order valence-electron chi connectivity index (χ0n) is 8.86. The second-order valence-electron chi connectivity index (χ2n) is 3.74. The summed E-state index contributed by atoms with van der Waals surface area (Å²) in [6.45, 7) is 6.50. The Morgan fingerprint density at radius 3 is 3.00 bits per heavy atom. The lowest BCUT2D eigenvalue weighted by atomic mass is 10.2. The summed E-state index contributed by atoms with van der Waals surface area (Å²) in [7, 11) is 0. The van der Waals surface area contributed by atoms with Gasteiger partial charge in [-0.15, -0.1) is 0 Å². The molecule has 0 bridgehead atoms. The SMILES string of the molecule is CCC(C)n1cc(C)c2cncnc21. The molecule has 74 valence electrons. The van der Waals surface area contributed by atoms with E-state index in [0.29, 0.717) is 6.04 Å². The molecule has 3 heteroatoms. The van der Waals surface area contributed by atoms with Gasteiger partial charge in [-0.1, -0.05) is 6.92 Å². The molecule has 0 fully saturated rings. The Kier molecular flexibility index (Phi) is 2.23. The maximum atomic E-state index is 4.32. The minimum absolute atomic E-state index is 0.501. The topological polar surface area (TPSA) is 30.7 Å². The molecule has 0 amide bonds. The molecule has 0 aliphatic carbocycles. The Labute approximate surface area is 83.8 Å². The number of hydrogen-bond donors (Lipinski definition) is 0. The summed E-state index contributed by atoms with van der Waals surface area (Å²) in [5.41, 5.74) is 2.30.